The summed E-state index contributed by atoms with van der Waals surface area (Å²) in [6, 6.07) is 5.44. The van der Waals surface area contributed by atoms with Gasteiger partial charge in [-0.15, -0.1) is 11.3 Å². The van der Waals surface area contributed by atoms with Gasteiger partial charge in [0.15, 0.2) is 0 Å². The lowest BCUT2D eigenvalue weighted by atomic mass is 10.1. The molecular formula is C18H21NO4S. The third kappa shape index (κ3) is 3.76. The summed E-state index contributed by atoms with van der Waals surface area (Å²) in [6.45, 7) is 5.55. The van der Waals surface area contributed by atoms with E-state index in [1.165, 1.54) is 12.0 Å². The molecule has 2 heterocycles. The Labute approximate surface area is 145 Å². The van der Waals surface area contributed by atoms with Gasteiger partial charge >= 0.3 is 5.97 Å². The van der Waals surface area contributed by atoms with E-state index in [2.05, 4.69) is 18.8 Å². The summed E-state index contributed by atoms with van der Waals surface area (Å²) in [5, 5.41) is 0.872. The molecule has 0 aliphatic carbocycles. The first-order chi connectivity index (χ1) is 11.6. The van der Waals surface area contributed by atoms with Gasteiger partial charge in [-0.3, -0.25) is 0 Å². The Bertz CT molecular complexity index is 720. The van der Waals surface area contributed by atoms with Gasteiger partial charge in [-0.05, 0) is 24.1 Å². The van der Waals surface area contributed by atoms with E-state index in [-0.39, 0.29) is 12.1 Å². The SMILES string of the molecule is COC(=O)c1cc(OC2CCOC2)cc(-c2ncc(C(C)C)s2)c1. The molecule has 1 fully saturated rings. The molecule has 1 aromatic heterocycles. The van der Waals surface area contributed by atoms with Crippen LogP contribution in [0.15, 0.2) is 24.4 Å². The number of aromatic nitrogens is 1. The van der Waals surface area contributed by atoms with Crippen molar-refractivity contribution in [2.24, 2.45) is 0 Å². The monoisotopic (exact) mass is 347 g/mol. The van der Waals surface area contributed by atoms with Gasteiger partial charge in [0.1, 0.15) is 16.9 Å². The van der Waals surface area contributed by atoms with Gasteiger partial charge < -0.3 is 14.2 Å². The van der Waals surface area contributed by atoms with Crippen molar-refractivity contribution in [2.75, 3.05) is 20.3 Å². The molecule has 5 nitrogen and oxygen atoms in total. The highest BCUT2D eigenvalue weighted by atomic mass is 32.1. The van der Waals surface area contributed by atoms with Crippen LogP contribution in [0.1, 0.15) is 41.4 Å². The first-order valence-electron chi connectivity index (χ1n) is 8.00. The summed E-state index contributed by atoms with van der Waals surface area (Å²) < 4.78 is 16.2. The minimum Gasteiger partial charge on any atom is -0.488 e. The van der Waals surface area contributed by atoms with Gasteiger partial charge in [0.25, 0.3) is 0 Å². The Morgan fingerprint density at radius 1 is 1.38 bits per heavy atom. The minimum absolute atomic E-state index is 0.0215. The van der Waals surface area contributed by atoms with Crippen LogP contribution in [0.5, 0.6) is 5.75 Å². The fourth-order valence-electron chi connectivity index (χ4n) is 2.51. The van der Waals surface area contributed by atoms with Crippen LogP contribution < -0.4 is 4.74 Å². The highest BCUT2D eigenvalue weighted by molar-refractivity contribution is 7.15. The van der Waals surface area contributed by atoms with E-state index in [9.17, 15) is 4.79 Å². The first kappa shape index (κ1) is 16.9. The van der Waals surface area contributed by atoms with Crippen LogP contribution in [0.4, 0.5) is 0 Å². The lowest BCUT2D eigenvalue weighted by Gasteiger charge is -2.13. The molecular weight excluding hydrogens is 326 g/mol. The van der Waals surface area contributed by atoms with Crippen LogP contribution in [0.2, 0.25) is 0 Å². The maximum atomic E-state index is 12.0. The Morgan fingerprint density at radius 2 is 2.21 bits per heavy atom. The van der Waals surface area contributed by atoms with E-state index < -0.39 is 0 Å². The molecule has 1 atom stereocenters. The minimum atomic E-state index is -0.384. The number of hydrogen-bond acceptors (Lipinski definition) is 6. The average molecular weight is 347 g/mol. The number of methoxy groups -OCH3 is 1. The van der Waals surface area contributed by atoms with Crippen molar-refractivity contribution < 1.29 is 19.0 Å². The second-order valence-electron chi connectivity index (χ2n) is 6.06. The topological polar surface area (TPSA) is 57.7 Å². The summed E-state index contributed by atoms with van der Waals surface area (Å²) in [7, 11) is 1.38. The Kier molecular flexibility index (Phi) is 5.16. The Morgan fingerprint density at radius 3 is 2.83 bits per heavy atom. The number of nitrogens with zero attached hydrogens (tertiary/aromatic N) is 1. The number of carbonyl (C=O) groups excluding carboxylic acids is 1. The Balaban J connectivity index is 1.95. The number of hydrogen-bond donors (Lipinski definition) is 0. The van der Waals surface area contributed by atoms with Crippen molar-refractivity contribution in [1.29, 1.82) is 0 Å². The van der Waals surface area contributed by atoms with Crippen LogP contribution in [0.3, 0.4) is 0 Å². The van der Waals surface area contributed by atoms with Crippen molar-refractivity contribution in [3.63, 3.8) is 0 Å². The summed E-state index contributed by atoms with van der Waals surface area (Å²) in [5.41, 5.74) is 1.33. The second kappa shape index (κ2) is 7.32. The maximum Gasteiger partial charge on any atom is 0.338 e. The van der Waals surface area contributed by atoms with Crippen LogP contribution >= 0.6 is 11.3 Å². The summed E-state index contributed by atoms with van der Waals surface area (Å²) >= 11 is 1.63. The molecule has 0 N–H and O–H groups in total. The van der Waals surface area contributed by atoms with E-state index in [1.54, 1.807) is 23.5 Å². The number of esters is 1. The number of carbonyl (C=O) groups is 1. The van der Waals surface area contributed by atoms with Crippen LogP contribution in [-0.2, 0) is 9.47 Å². The zero-order chi connectivity index (χ0) is 17.1. The maximum absolute atomic E-state index is 12.0. The third-order valence-corrected chi connectivity index (χ3v) is 5.20. The van der Waals surface area contributed by atoms with E-state index in [1.807, 2.05) is 12.3 Å². The number of rotatable bonds is 5. The molecule has 1 aromatic carbocycles. The molecule has 3 rings (SSSR count). The first-order valence-corrected chi connectivity index (χ1v) is 8.82. The van der Waals surface area contributed by atoms with Crippen LogP contribution in [-0.4, -0.2) is 37.4 Å². The molecule has 128 valence electrons. The largest absolute Gasteiger partial charge is 0.488 e. The van der Waals surface area contributed by atoms with Gasteiger partial charge in [-0.1, -0.05) is 13.8 Å². The molecule has 0 bridgehead atoms. The van der Waals surface area contributed by atoms with Crippen molar-refractivity contribution in [3.05, 3.63) is 34.8 Å². The smallest absolute Gasteiger partial charge is 0.338 e. The van der Waals surface area contributed by atoms with E-state index in [4.69, 9.17) is 14.2 Å². The van der Waals surface area contributed by atoms with Crippen molar-refractivity contribution in [1.82, 2.24) is 4.98 Å². The zero-order valence-corrected chi connectivity index (χ0v) is 14.9. The second-order valence-corrected chi connectivity index (χ2v) is 7.13. The standard InChI is InChI=1S/C18H21NO4S/c1-11(2)16-9-19-17(24-16)12-6-13(18(20)21-3)8-15(7-12)23-14-4-5-22-10-14/h6-9,11,14H,4-5,10H2,1-3H3. The molecule has 0 radical (unpaired) electrons. The van der Waals surface area contributed by atoms with Crippen molar-refractivity contribution in [3.8, 4) is 16.3 Å². The third-order valence-electron chi connectivity index (χ3n) is 3.86. The highest BCUT2D eigenvalue weighted by Crippen LogP contribution is 2.33. The van der Waals surface area contributed by atoms with Gasteiger partial charge in [-0.25, -0.2) is 9.78 Å². The molecule has 6 heteroatoms. The number of ether oxygens (including phenoxy) is 3. The van der Waals surface area contributed by atoms with E-state index >= 15 is 0 Å². The van der Waals surface area contributed by atoms with Gasteiger partial charge in [0.05, 0.1) is 25.9 Å². The quantitative estimate of drug-likeness (QED) is 0.768. The molecule has 2 aromatic rings. The zero-order valence-electron chi connectivity index (χ0n) is 14.1. The lowest BCUT2D eigenvalue weighted by molar-refractivity contribution is 0.0600. The predicted molar refractivity (Wildman–Crippen MR) is 92.8 cm³/mol. The van der Waals surface area contributed by atoms with Crippen LogP contribution in [0, 0.1) is 0 Å². The summed E-state index contributed by atoms with van der Waals surface area (Å²) in [6.07, 6.45) is 2.76. The Hall–Kier alpha value is -1.92. The highest BCUT2D eigenvalue weighted by Gasteiger charge is 2.19. The lowest BCUT2D eigenvalue weighted by Crippen LogP contribution is -2.16. The fraction of sp³-hybridized carbons (Fsp3) is 0.444. The molecule has 1 aliphatic rings. The number of benzene rings is 1. The predicted octanol–water partition coefficient (Wildman–Crippen LogP) is 3.89. The van der Waals surface area contributed by atoms with E-state index in [0.717, 1.165) is 17.0 Å². The normalized spacial score (nSPS) is 17.2. The van der Waals surface area contributed by atoms with Gasteiger partial charge in [0, 0.05) is 23.1 Å². The van der Waals surface area contributed by atoms with Crippen molar-refractivity contribution in [2.45, 2.75) is 32.3 Å². The van der Waals surface area contributed by atoms with Crippen LogP contribution in [0.25, 0.3) is 10.6 Å². The molecule has 24 heavy (non-hydrogen) atoms. The van der Waals surface area contributed by atoms with Gasteiger partial charge in [-0.2, -0.15) is 0 Å². The molecule has 0 spiro atoms. The summed E-state index contributed by atoms with van der Waals surface area (Å²) in [5.74, 6) is 0.682. The molecule has 0 amide bonds. The number of thiazole rings is 1. The van der Waals surface area contributed by atoms with Crippen molar-refractivity contribution >= 4 is 17.3 Å². The average Bonchev–Trinajstić information content (AvgIpc) is 3.25. The summed E-state index contributed by atoms with van der Waals surface area (Å²) in [4.78, 5) is 17.7. The molecule has 1 saturated heterocycles. The van der Waals surface area contributed by atoms with Gasteiger partial charge in [0.2, 0.25) is 0 Å². The fourth-order valence-corrected chi connectivity index (χ4v) is 3.42. The molecule has 1 aliphatic heterocycles. The molecule has 1 unspecified atom stereocenters. The molecule has 0 saturated carbocycles. The van der Waals surface area contributed by atoms with E-state index in [0.29, 0.717) is 30.4 Å².